The van der Waals surface area contributed by atoms with Crippen LogP contribution < -0.4 is 0 Å². The molecule has 0 spiro atoms. The lowest BCUT2D eigenvalue weighted by Crippen LogP contribution is -2.48. The molecule has 2 aromatic rings. The Morgan fingerprint density at radius 3 is 2.13 bits per heavy atom. The molecule has 1 aromatic carbocycles. The van der Waals surface area contributed by atoms with Crippen LogP contribution in [0.5, 0.6) is 0 Å². The maximum absolute atomic E-state index is 4.62. The van der Waals surface area contributed by atoms with Gasteiger partial charge in [0.15, 0.2) is 0 Å². The molecule has 0 saturated heterocycles. The molecule has 2 heteroatoms. The quantitative estimate of drug-likeness (QED) is 0.618. The molecule has 6 rings (SSSR count). The number of thiophene rings is 1. The fourth-order valence-electron chi connectivity index (χ4n) is 5.87. The van der Waals surface area contributed by atoms with Gasteiger partial charge in [0.25, 0.3) is 0 Å². The van der Waals surface area contributed by atoms with Crippen LogP contribution in [0.1, 0.15) is 49.0 Å². The molecular weight excluding hydrogens is 298 g/mol. The molecule has 0 unspecified atom stereocenters. The van der Waals surface area contributed by atoms with E-state index in [1.165, 1.54) is 43.4 Å². The first-order valence-electron chi connectivity index (χ1n) is 8.97. The van der Waals surface area contributed by atoms with E-state index in [2.05, 4.69) is 46.8 Å². The zero-order chi connectivity index (χ0) is 15.3. The highest BCUT2D eigenvalue weighted by atomic mass is 32.1. The Labute approximate surface area is 142 Å². The third-order valence-electron chi connectivity index (χ3n) is 6.40. The van der Waals surface area contributed by atoms with Crippen LogP contribution in [-0.4, -0.2) is 6.21 Å². The fourth-order valence-corrected chi connectivity index (χ4v) is 6.45. The summed E-state index contributed by atoms with van der Waals surface area (Å²) in [7, 11) is 0. The van der Waals surface area contributed by atoms with Gasteiger partial charge in [0.1, 0.15) is 0 Å². The Bertz CT molecular complexity index is 676. The van der Waals surface area contributed by atoms with Gasteiger partial charge in [0.2, 0.25) is 0 Å². The van der Waals surface area contributed by atoms with Crippen molar-refractivity contribution in [1.82, 2.24) is 0 Å². The van der Waals surface area contributed by atoms with Crippen LogP contribution in [0.25, 0.3) is 0 Å². The van der Waals surface area contributed by atoms with Crippen molar-refractivity contribution in [1.29, 1.82) is 0 Å². The van der Waals surface area contributed by atoms with Gasteiger partial charge >= 0.3 is 0 Å². The van der Waals surface area contributed by atoms with E-state index in [0.717, 1.165) is 23.4 Å². The van der Waals surface area contributed by atoms with E-state index >= 15 is 0 Å². The number of nitrogens with zero attached hydrogens (tertiary/aromatic N) is 1. The summed E-state index contributed by atoms with van der Waals surface area (Å²) in [4.78, 5) is 5.84. The second-order valence-corrected chi connectivity index (χ2v) is 9.00. The maximum Gasteiger partial charge on any atom is 0.0630 e. The second-order valence-electron chi connectivity index (χ2n) is 8.02. The van der Waals surface area contributed by atoms with Gasteiger partial charge in [-0.2, -0.15) is 0 Å². The lowest BCUT2D eigenvalue weighted by molar-refractivity contribution is -0.00518. The van der Waals surface area contributed by atoms with Crippen LogP contribution >= 0.6 is 11.3 Å². The van der Waals surface area contributed by atoms with Crippen LogP contribution in [0.15, 0.2) is 46.8 Å². The highest BCUT2D eigenvalue weighted by Gasteiger charge is 2.51. The number of benzene rings is 1. The van der Waals surface area contributed by atoms with Crippen molar-refractivity contribution in [2.45, 2.75) is 43.9 Å². The maximum atomic E-state index is 4.62. The molecule has 0 amide bonds. The van der Waals surface area contributed by atoms with E-state index in [9.17, 15) is 0 Å². The van der Waals surface area contributed by atoms with Gasteiger partial charge in [-0.15, -0.1) is 11.3 Å². The van der Waals surface area contributed by atoms with Crippen LogP contribution in [0.4, 0.5) is 5.69 Å². The summed E-state index contributed by atoms with van der Waals surface area (Å²) in [5.74, 6) is 3.04. The van der Waals surface area contributed by atoms with Crippen molar-refractivity contribution in [3.05, 3.63) is 52.2 Å². The number of rotatable bonds is 3. The largest absolute Gasteiger partial charge is 0.255 e. The van der Waals surface area contributed by atoms with Gasteiger partial charge < -0.3 is 0 Å². The predicted molar refractivity (Wildman–Crippen MR) is 97.9 cm³/mol. The summed E-state index contributed by atoms with van der Waals surface area (Å²) < 4.78 is 0. The van der Waals surface area contributed by atoms with Crippen LogP contribution in [0.2, 0.25) is 0 Å². The SMILES string of the molecule is C(=Nc1ccc(C23CC4CC(CC(C4)C2)C3)cc1)c1cccs1. The normalized spacial score (nSPS) is 35.2. The minimum atomic E-state index is 0.505. The topological polar surface area (TPSA) is 12.4 Å². The Morgan fingerprint density at radius 2 is 1.57 bits per heavy atom. The number of aliphatic imine (C=N–C) groups is 1. The minimum absolute atomic E-state index is 0.505. The van der Waals surface area contributed by atoms with Crippen molar-refractivity contribution in [3.8, 4) is 0 Å². The van der Waals surface area contributed by atoms with E-state index in [-0.39, 0.29) is 0 Å². The van der Waals surface area contributed by atoms with Gasteiger partial charge in [-0.1, -0.05) is 18.2 Å². The molecule has 1 heterocycles. The van der Waals surface area contributed by atoms with Crippen molar-refractivity contribution >= 4 is 23.2 Å². The molecule has 1 aromatic heterocycles. The smallest absolute Gasteiger partial charge is 0.0630 e. The van der Waals surface area contributed by atoms with E-state index in [1.54, 1.807) is 16.9 Å². The third kappa shape index (κ3) is 2.48. The summed E-state index contributed by atoms with van der Waals surface area (Å²) in [6.45, 7) is 0. The van der Waals surface area contributed by atoms with Gasteiger partial charge in [0.05, 0.1) is 5.69 Å². The summed E-state index contributed by atoms with van der Waals surface area (Å²) in [6, 6.07) is 13.4. The third-order valence-corrected chi connectivity index (χ3v) is 7.21. The summed E-state index contributed by atoms with van der Waals surface area (Å²) in [5, 5.41) is 2.09. The Hall–Kier alpha value is -1.41. The molecule has 23 heavy (non-hydrogen) atoms. The van der Waals surface area contributed by atoms with Gasteiger partial charge in [-0.05, 0) is 90.8 Å². The monoisotopic (exact) mass is 321 g/mol. The minimum Gasteiger partial charge on any atom is -0.255 e. The van der Waals surface area contributed by atoms with E-state index in [0.29, 0.717) is 5.41 Å². The van der Waals surface area contributed by atoms with E-state index in [4.69, 9.17) is 0 Å². The lowest BCUT2D eigenvalue weighted by Gasteiger charge is -2.57. The molecule has 4 aliphatic carbocycles. The first-order chi connectivity index (χ1) is 11.3. The van der Waals surface area contributed by atoms with Gasteiger partial charge in [-0.25, -0.2) is 0 Å². The van der Waals surface area contributed by atoms with Crippen molar-refractivity contribution in [2.75, 3.05) is 0 Å². The predicted octanol–water partition coefficient (Wildman–Crippen LogP) is 5.97. The Morgan fingerprint density at radius 1 is 0.913 bits per heavy atom. The molecular formula is C21H23NS. The molecule has 0 aliphatic heterocycles. The van der Waals surface area contributed by atoms with Crippen molar-refractivity contribution in [3.63, 3.8) is 0 Å². The van der Waals surface area contributed by atoms with Gasteiger partial charge in [0, 0.05) is 11.1 Å². The van der Waals surface area contributed by atoms with E-state index < -0.39 is 0 Å². The van der Waals surface area contributed by atoms with Crippen LogP contribution in [0.3, 0.4) is 0 Å². The number of hydrogen-bond donors (Lipinski definition) is 0. The summed E-state index contributed by atoms with van der Waals surface area (Å²) >= 11 is 1.73. The first kappa shape index (κ1) is 14.0. The molecule has 4 aliphatic rings. The molecule has 118 valence electrons. The highest BCUT2D eigenvalue weighted by Crippen LogP contribution is 2.60. The highest BCUT2D eigenvalue weighted by molar-refractivity contribution is 7.11. The fraction of sp³-hybridized carbons (Fsp3) is 0.476. The molecule has 0 radical (unpaired) electrons. The Kier molecular flexibility index (Phi) is 3.22. The molecule has 1 nitrogen and oxygen atoms in total. The molecule has 4 saturated carbocycles. The average molecular weight is 321 g/mol. The number of hydrogen-bond acceptors (Lipinski definition) is 2. The van der Waals surface area contributed by atoms with Crippen molar-refractivity contribution < 1.29 is 0 Å². The average Bonchev–Trinajstić information content (AvgIpc) is 3.05. The van der Waals surface area contributed by atoms with Crippen LogP contribution in [-0.2, 0) is 5.41 Å². The van der Waals surface area contributed by atoms with Gasteiger partial charge in [-0.3, -0.25) is 4.99 Å². The zero-order valence-corrected chi connectivity index (χ0v) is 14.3. The van der Waals surface area contributed by atoms with Crippen LogP contribution in [0, 0.1) is 17.8 Å². The van der Waals surface area contributed by atoms with E-state index in [1.807, 2.05) is 6.21 Å². The molecule has 0 atom stereocenters. The van der Waals surface area contributed by atoms with Crippen molar-refractivity contribution in [2.24, 2.45) is 22.7 Å². The summed E-state index contributed by atoms with van der Waals surface area (Å²) in [6.07, 6.45) is 10.8. The Balaban J connectivity index is 1.39. The summed E-state index contributed by atoms with van der Waals surface area (Å²) in [5.41, 5.74) is 3.17. The molecule has 4 bridgehead atoms. The lowest BCUT2D eigenvalue weighted by atomic mass is 9.48. The second kappa shape index (κ2) is 5.31. The zero-order valence-electron chi connectivity index (χ0n) is 13.4. The first-order valence-corrected chi connectivity index (χ1v) is 9.85. The molecule has 4 fully saturated rings. The molecule has 0 N–H and O–H groups in total. The standard InChI is InChI=1S/C21H23NS/c1-2-20(23-7-1)14-22-19-5-3-18(4-6-19)21-11-15-8-16(12-21)10-17(9-15)13-21/h1-7,14-17H,8-13H2.